The quantitative estimate of drug-likeness (QED) is 0.647. The van der Waals surface area contributed by atoms with E-state index in [2.05, 4.69) is 4.99 Å². The lowest BCUT2D eigenvalue weighted by atomic mass is 9.77. The molecule has 0 spiro atoms. The molecule has 0 bridgehead atoms. The minimum atomic E-state index is -0.742. The van der Waals surface area contributed by atoms with E-state index in [1.807, 2.05) is 51.1 Å². The molecule has 1 aliphatic heterocycles. The highest BCUT2D eigenvalue weighted by molar-refractivity contribution is 6.15. The highest BCUT2D eigenvalue weighted by Gasteiger charge is 2.43. The minimum Gasteiger partial charge on any atom is -0.396 e. The second kappa shape index (κ2) is 7.40. The van der Waals surface area contributed by atoms with Crippen LogP contribution >= 0.6 is 0 Å². The molecule has 6 nitrogen and oxygen atoms in total. The van der Waals surface area contributed by atoms with Gasteiger partial charge in [-0.3, -0.25) is 14.5 Å². The number of benzene rings is 1. The van der Waals surface area contributed by atoms with Gasteiger partial charge < -0.3 is 11.5 Å². The molecule has 1 aromatic rings. The van der Waals surface area contributed by atoms with Gasteiger partial charge in [-0.25, -0.2) is 4.99 Å². The molecule has 2 rings (SSSR count). The minimum absolute atomic E-state index is 0.0393. The summed E-state index contributed by atoms with van der Waals surface area (Å²) in [4.78, 5) is 30.2. The number of likely N-dealkylation sites (N-methyl/N-ethyl adjacent to an activating group) is 1. The topological polar surface area (TPSA) is 102 Å². The van der Waals surface area contributed by atoms with Gasteiger partial charge in [-0.1, -0.05) is 32.0 Å². The molecule has 2 atom stereocenters. The van der Waals surface area contributed by atoms with E-state index in [0.29, 0.717) is 29.9 Å². The summed E-state index contributed by atoms with van der Waals surface area (Å²) in [6, 6.07) is 8.53. The van der Waals surface area contributed by atoms with Crippen LogP contribution in [0.5, 0.6) is 0 Å². The van der Waals surface area contributed by atoms with Crippen LogP contribution in [0.4, 0.5) is 5.69 Å². The first-order valence-corrected chi connectivity index (χ1v) is 8.08. The van der Waals surface area contributed by atoms with Crippen LogP contribution in [0.1, 0.15) is 20.8 Å². The van der Waals surface area contributed by atoms with Crippen LogP contribution in [-0.2, 0) is 9.59 Å². The molecule has 1 aliphatic rings. The summed E-state index contributed by atoms with van der Waals surface area (Å²) in [6.07, 6.45) is 0.599. The largest absolute Gasteiger partial charge is 0.396 e. The van der Waals surface area contributed by atoms with E-state index in [4.69, 9.17) is 11.5 Å². The smallest absolute Gasteiger partial charge is 0.245 e. The molecule has 24 heavy (non-hydrogen) atoms. The van der Waals surface area contributed by atoms with Crippen molar-refractivity contribution in [3.05, 3.63) is 41.6 Å². The van der Waals surface area contributed by atoms with E-state index < -0.39 is 6.04 Å². The second-order valence-electron chi connectivity index (χ2n) is 6.14. The van der Waals surface area contributed by atoms with Crippen molar-refractivity contribution in [2.45, 2.75) is 26.8 Å². The number of carbonyl (C=O) groups excluding carboxylic acids is 2. The highest BCUT2D eigenvalue weighted by atomic mass is 16.2. The van der Waals surface area contributed by atoms with Gasteiger partial charge in [-0.05, 0) is 25.0 Å². The Morgan fingerprint density at radius 1 is 1.33 bits per heavy atom. The molecule has 0 radical (unpaired) electrons. The van der Waals surface area contributed by atoms with Crippen LogP contribution in [0.25, 0.3) is 0 Å². The number of likely N-dealkylation sites (tertiary alicyclic amines) is 1. The first-order chi connectivity index (χ1) is 11.4. The van der Waals surface area contributed by atoms with Crippen molar-refractivity contribution in [3.8, 4) is 0 Å². The van der Waals surface area contributed by atoms with Crippen LogP contribution in [-0.4, -0.2) is 35.5 Å². The van der Waals surface area contributed by atoms with Gasteiger partial charge in [0, 0.05) is 18.0 Å². The van der Waals surface area contributed by atoms with Crippen molar-refractivity contribution in [3.63, 3.8) is 0 Å². The van der Waals surface area contributed by atoms with Gasteiger partial charge in [0.05, 0.1) is 17.4 Å². The van der Waals surface area contributed by atoms with Crippen molar-refractivity contribution in [2.24, 2.45) is 28.3 Å². The van der Waals surface area contributed by atoms with Crippen LogP contribution in [0.15, 0.2) is 46.6 Å². The van der Waals surface area contributed by atoms with Crippen LogP contribution < -0.4 is 11.5 Å². The van der Waals surface area contributed by atoms with E-state index in [9.17, 15) is 9.59 Å². The zero-order valence-electron chi connectivity index (χ0n) is 14.3. The number of allylic oxidation sites excluding steroid dienone is 1. The number of hydrogen-bond acceptors (Lipinski definition) is 5. The molecule has 0 aromatic heterocycles. The van der Waals surface area contributed by atoms with Gasteiger partial charge in [0.15, 0.2) is 6.29 Å². The summed E-state index contributed by atoms with van der Waals surface area (Å²) in [5.41, 5.74) is 13.5. The first kappa shape index (κ1) is 17.9. The van der Waals surface area contributed by atoms with Gasteiger partial charge in [0.1, 0.15) is 5.84 Å². The van der Waals surface area contributed by atoms with Gasteiger partial charge >= 0.3 is 0 Å². The number of aldehydes is 1. The van der Waals surface area contributed by atoms with Crippen molar-refractivity contribution in [1.82, 2.24) is 4.90 Å². The third-order valence-corrected chi connectivity index (χ3v) is 4.23. The predicted molar refractivity (Wildman–Crippen MR) is 94.5 cm³/mol. The van der Waals surface area contributed by atoms with E-state index in [1.165, 1.54) is 4.90 Å². The summed E-state index contributed by atoms with van der Waals surface area (Å²) in [6.45, 7) is 6.16. The average Bonchev–Trinajstić information content (AvgIpc) is 2.58. The Balaban J connectivity index is 2.71. The highest BCUT2D eigenvalue weighted by Crippen LogP contribution is 2.33. The van der Waals surface area contributed by atoms with E-state index in [0.717, 1.165) is 0 Å². The number of piperidine rings is 1. The fraction of sp³-hybridized carbons (Fsp3) is 0.389. The van der Waals surface area contributed by atoms with Crippen molar-refractivity contribution in [2.75, 3.05) is 6.54 Å². The monoisotopic (exact) mass is 328 g/mol. The Hall–Kier alpha value is -2.47. The molecule has 2 unspecified atom stereocenters. The number of nitrogens with zero attached hydrogens (tertiary/aromatic N) is 2. The number of rotatable bonds is 4. The van der Waals surface area contributed by atoms with E-state index in [1.54, 1.807) is 0 Å². The molecular weight excluding hydrogens is 304 g/mol. The molecule has 1 fully saturated rings. The second-order valence-corrected chi connectivity index (χ2v) is 6.14. The number of hydrogen-bond donors (Lipinski definition) is 2. The van der Waals surface area contributed by atoms with Gasteiger partial charge in [-0.2, -0.15) is 0 Å². The predicted octanol–water partition coefficient (Wildman–Crippen LogP) is 1.59. The van der Waals surface area contributed by atoms with Crippen LogP contribution in [0, 0.1) is 11.8 Å². The number of carbonyl (C=O) groups is 2. The van der Waals surface area contributed by atoms with Gasteiger partial charge in [0.25, 0.3) is 0 Å². The number of para-hydroxylation sites is 1. The number of amidine groups is 1. The SMILES string of the molecule is CCN1C(=O)C(N)C(C(C)C)/C(=C(/N)C=O)C1=Nc1ccccc1. The van der Waals surface area contributed by atoms with Crippen molar-refractivity contribution < 1.29 is 9.59 Å². The molecular formula is C18H24N4O2. The average molecular weight is 328 g/mol. The molecule has 1 amide bonds. The Labute approximate surface area is 142 Å². The Kier molecular flexibility index (Phi) is 5.51. The standard InChI is InChI=1S/C18H24N4O2/c1-4-22-17(21-12-8-6-5-7-9-12)15(13(19)10-23)14(11(2)3)16(20)18(22)24/h5-11,14,16H,4,19-20H2,1-3H3/b15-13-,21-17?. The lowest BCUT2D eigenvalue weighted by molar-refractivity contribution is -0.130. The molecule has 1 heterocycles. The zero-order chi connectivity index (χ0) is 17.9. The summed E-state index contributed by atoms with van der Waals surface area (Å²) in [5.74, 6) is -0.0996. The van der Waals surface area contributed by atoms with Crippen molar-refractivity contribution in [1.29, 1.82) is 0 Å². The normalized spacial score (nSPS) is 25.3. The number of amides is 1. The maximum absolute atomic E-state index is 12.7. The maximum atomic E-state index is 12.7. The molecule has 1 aromatic carbocycles. The fourth-order valence-electron chi connectivity index (χ4n) is 3.10. The third kappa shape index (κ3) is 3.23. The molecule has 6 heteroatoms. The summed E-state index contributed by atoms with van der Waals surface area (Å²) < 4.78 is 0. The molecule has 128 valence electrons. The van der Waals surface area contributed by atoms with Crippen molar-refractivity contribution >= 4 is 23.7 Å². The lowest BCUT2D eigenvalue weighted by Crippen LogP contribution is -2.58. The third-order valence-electron chi connectivity index (χ3n) is 4.23. The maximum Gasteiger partial charge on any atom is 0.245 e. The Morgan fingerprint density at radius 2 is 1.96 bits per heavy atom. The Bertz CT molecular complexity index is 680. The zero-order valence-corrected chi connectivity index (χ0v) is 14.3. The first-order valence-electron chi connectivity index (χ1n) is 8.08. The molecule has 0 aliphatic carbocycles. The van der Waals surface area contributed by atoms with E-state index >= 15 is 0 Å². The molecule has 1 saturated heterocycles. The van der Waals surface area contributed by atoms with Crippen LogP contribution in [0.3, 0.4) is 0 Å². The molecule has 4 N–H and O–H groups in total. The summed E-state index contributed by atoms with van der Waals surface area (Å²) in [7, 11) is 0. The van der Waals surface area contributed by atoms with Gasteiger partial charge in [-0.15, -0.1) is 0 Å². The van der Waals surface area contributed by atoms with Gasteiger partial charge in [0.2, 0.25) is 5.91 Å². The number of aliphatic imine (C=N–C) groups is 1. The molecule has 0 saturated carbocycles. The number of nitrogens with two attached hydrogens (primary N) is 2. The van der Waals surface area contributed by atoms with E-state index in [-0.39, 0.29) is 23.4 Å². The Morgan fingerprint density at radius 3 is 2.46 bits per heavy atom. The summed E-state index contributed by atoms with van der Waals surface area (Å²) in [5, 5.41) is 0. The fourth-order valence-corrected chi connectivity index (χ4v) is 3.10. The summed E-state index contributed by atoms with van der Waals surface area (Å²) >= 11 is 0. The van der Waals surface area contributed by atoms with Crippen LogP contribution in [0.2, 0.25) is 0 Å². The lowest BCUT2D eigenvalue weighted by Gasteiger charge is -2.40.